The van der Waals surface area contributed by atoms with E-state index in [1.807, 2.05) is 30.3 Å². The van der Waals surface area contributed by atoms with Crippen molar-refractivity contribution in [3.8, 4) is 5.75 Å². The average molecular weight is 265 g/mol. The Morgan fingerprint density at radius 3 is 2.53 bits per heavy atom. The van der Waals surface area contributed by atoms with E-state index in [4.69, 9.17) is 9.47 Å². The fourth-order valence-electron chi connectivity index (χ4n) is 1.74. The summed E-state index contributed by atoms with van der Waals surface area (Å²) in [6, 6.07) is 9.83. The van der Waals surface area contributed by atoms with Crippen LogP contribution in [0.1, 0.15) is 26.7 Å². The van der Waals surface area contributed by atoms with Gasteiger partial charge in [0.25, 0.3) is 0 Å². The SMILES string of the molecule is CC(C)CCCNCCOCCOc1ccccc1. The predicted octanol–water partition coefficient (Wildman–Crippen LogP) is 3.11. The van der Waals surface area contributed by atoms with Gasteiger partial charge in [-0.1, -0.05) is 32.0 Å². The summed E-state index contributed by atoms with van der Waals surface area (Å²) in [5, 5.41) is 3.38. The first-order chi connectivity index (χ1) is 9.29. The number of para-hydroxylation sites is 1. The molecule has 0 fully saturated rings. The Labute approximate surface area is 117 Å². The number of hydrogen-bond donors (Lipinski definition) is 1. The minimum absolute atomic E-state index is 0.608. The molecule has 3 nitrogen and oxygen atoms in total. The molecular formula is C16H27NO2. The number of nitrogens with one attached hydrogen (secondary N) is 1. The van der Waals surface area contributed by atoms with Crippen LogP contribution in [0.4, 0.5) is 0 Å². The zero-order valence-electron chi connectivity index (χ0n) is 12.2. The maximum Gasteiger partial charge on any atom is 0.119 e. The molecule has 0 aliphatic rings. The van der Waals surface area contributed by atoms with Crippen LogP contribution in [0.25, 0.3) is 0 Å². The number of benzene rings is 1. The van der Waals surface area contributed by atoms with Gasteiger partial charge in [0.2, 0.25) is 0 Å². The summed E-state index contributed by atoms with van der Waals surface area (Å²) in [5.41, 5.74) is 0. The highest BCUT2D eigenvalue weighted by Crippen LogP contribution is 2.07. The van der Waals surface area contributed by atoms with Gasteiger partial charge in [-0.3, -0.25) is 0 Å². The highest BCUT2D eigenvalue weighted by atomic mass is 16.5. The van der Waals surface area contributed by atoms with Gasteiger partial charge in [0.15, 0.2) is 0 Å². The molecule has 1 rings (SSSR count). The monoisotopic (exact) mass is 265 g/mol. The Morgan fingerprint density at radius 2 is 1.79 bits per heavy atom. The third-order valence-electron chi connectivity index (χ3n) is 2.80. The molecule has 1 aromatic carbocycles. The molecular weight excluding hydrogens is 238 g/mol. The molecule has 3 heteroatoms. The second-order valence-electron chi connectivity index (χ2n) is 5.06. The van der Waals surface area contributed by atoms with Crippen LogP contribution in [-0.2, 0) is 4.74 Å². The molecule has 0 saturated carbocycles. The first-order valence-electron chi connectivity index (χ1n) is 7.25. The van der Waals surface area contributed by atoms with Gasteiger partial charge in [-0.25, -0.2) is 0 Å². The van der Waals surface area contributed by atoms with Crippen LogP contribution in [0, 0.1) is 5.92 Å². The van der Waals surface area contributed by atoms with Crippen LogP contribution >= 0.6 is 0 Å². The summed E-state index contributed by atoms with van der Waals surface area (Å²) in [5.74, 6) is 1.70. The largest absolute Gasteiger partial charge is 0.491 e. The van der Waals surface area contributed by atoms with Crippen molar-refractivity contribution in [1.82, 2.24) is 5.32 Å². The van der Waals surface area contributed by atoms with E-state index in [0.29, 0.717) is 13.2 Å². The highest BCUT2D eigenvalue weighted by Gasteiger charge is 1.94. The fraction of sp³-hybridized carbons (Fsp3) is 0.625. The second kappa shape index (κ2) is 10.8. The minimum Gasteiger partial charge on any atom is -0.491 e. The van der Waals surface area contributed by atoms with E-state index in [9.17, 15) is 0 Å². The lowest BCUT2D eigenvalue weighted by atomic mass is 10.1. The predicted molar refractivity (Wildman–Crippen MR) is 79.7 cm³/mol. The summed E-state index contributed by atoms with van der Waals surface area (Å²) in [4.78, 5) is 0. The maximum atomic E-state index is 5.53. The van der Waals surface area contributed by atoms with E-state index in [2.05, 4.69) is 19.2 Å². The van der Waals surface area contributed by atoms with Gasteiger partial charge in [0.1, 0.15) is 12.4 Å². The van der Waals surface area contributed by atoms with E-state index in [0.717, 1.165) is 31.4 Å². The van der Waals surface area contributed by atoms with Crippen LogP contribution in [0.3, 0.4) is 0 Å². The van der Waals surface area contributed by atoms with Crippen molar-refractivity contribution in [1.29, 1.82) is 0 Å². The van der Waals surface area contributed by atoms with Crippen molar-refractivity contribution in [2.24, 2.45) is 5.92 Å². The summed E-state index contributed by atoms with van der Waals surface area (Å²) >= 11 is 0. The average Bonchev–Trinajstić information content (AvgIpc) is 2.42. The Kier molecular flexibility index (Phi) is 9.11. The van der Waals surface area contributed by atoms with Crippen LogP contribution in [-0.4, -0.2) is 32.9 Å². The molecule has 0 radical (unpaired) electrons. The van der Waals surface area contributed by atoms with E-state index < -0.39 is 0 Å². The third-order valence-corrected chi connectivity index (χ3v) is 2.80. The zero-order chi connectivity index (χ0) is 13.8. The van der Waals surface area contributed by atoms with E-state index in [1.54, 1.807) is 0 Å². The molecule has 0 amide bonds. The van der Waals surface area contributed by atoms with Crippen LogP contribution < -0.4 is 10.1 Å². The van der Waals surface area contributed by atoms with E-state index >= 15 is 0 Å². The number of rotatable bonds is 11. The topological polar surface area (TPSA) is 30.5 Å². The molecule has 1 aromatic rings. The van der Waals surface area contributed by atoms with Gasteiger partial charge in [0, 0.05) is 6.54 Å². The summed E-state index contributed by atoms with van der Waals surface area (Å²) in [6.45, 7) is 8.52. The Morgan fingerprint density at radius 1 is 1.00 bits per heavy atom. The van der Waals surface area contributed by atoms with E-state index in [-0.39, 0.29) is 0 Å². The molecule has 0 heterocycles. The molecule has 0 bridgehead atoms. The molecule has 0 saturated heterocycles. The molecule has 0 unspecified atom stereocenters. The fourth-order valence-corrected chi connectivity index (χ4v) is 1.74. The van der Waals surface area contributed by atoms with Gasteiger partial charge in [0.05, 0.1) is 13.2 Å². The normalized spacial score (nSPS) is 10.9. The molecule has 0 aliphatic heterocycles. The van der Waals surface area contributed by atoms with Crippen molar-refractivity contribution >= 4 is 0 Å². The lowest BCUT2D eigenvalue weighted by molar-refractivity contribution is 0.102. The van der Waals surface area contributed by atoms with Crippen LogP contribution in [0.5, 0.6) is 5.75 Å². The van der Waals surface area contributed by atoms with Gasteiger partial charge in [-0.15, -0.1) is 0 Å². The lowest BCUT2D eigenvalue weighted by Crippen LogP contribution is -2.22. The standard InChI is InChI=1S/C16H27NO2/c1-15(2)7-6-10-17-11-12-18-13-14-19-16-8-4-3-5-9-16/h3-5,8-9,15,17H,6-7,10-14H2,1-2H3. The first-order valence-corrected chi connectivity index (χ1v) is 7.25. The molecule has 1 N–H and O–H groups in total. The molecule has 0 spiro atoms. The van der Waals surface area contributed by atoms with Gasteiger partial charge in [-0.2, -0.15) is 0 Å². The summed E-state index contributed by atoms with van der Waals surface area (Å²) in [7, 11) is 0. The second-order valence-corrected chi connectivity index (χ2v) is 5.06. The van der Waals surface area contributed by atoms with E-state index in [1.165, 1.54) is 12.8 Å². The summed E-state index contributed by atoms with van der Waals surface area (Å²) < 4.78 is 11.0. The van der Waals surface area contributed by atoms with Gasteiger partial charge < -0.3 is 14.8 Å². The zero-order valence-corrected chi connectivity index (χ0v) is 12.2. The number of hydrogen-bond acceptors (Lipinski definition) is 3. The minimum atomic E-state index is 0.608. The molecule has 108 valence electrons. The number of ether oxygens (including phenoxy) is 2. The third kappa shape index (κ3) is 9.51. The van der Waals surface area contributed by atoms with Crippen molar-refractivity contribution in [3.63, 3.8) is 0 Å². The Hall–Kier alpha value is -1.06. The molecule has 19 heavy (non-hydrogen) atoms. The Balaban J connectivity index is 1.81. The molecule has 0 aromatic heterocycles. The lowest BCUT2D eigenvalue weighted by Gasteiger charge is -2.08. The highest BCUT2D eigenvalue weighted by molar-refractivity contribution is 5.20. The van der Waals surface area contributed by atoms with Crippen molar-refractivity contribution in [3.05, 3.63) is 30.3 Å². The van der Waals surface area contributed by atoms with Crippen LogP contribution in [0.2, 0.25) is 0 Å². The summed E-state index contributed by atoms with van der Waals surface area (Å²) in [6.07, 6.45) is 2.54. The van der Waals surface area contributed by atoms with Gasteiger partial charge >= 0.3 is 0 Å². The first kappa shape index (κ1) is 16.0. The van der Waals surface area contributed by atoms with Crippen LogP contribution in [0.15, 0.2) is 30.3 Å². The molecule has 0 atom stereocenters. The van der Waals surface area contributed by atoms with Crippen molar-refractivity contribution in [2.45, 2.75) is 26.7 Å². The maximum absolute atomic E-state index is 5.53. The Bertz CT molecular complexity index is 301. The van der Waals surface area contributed by atoms with Gasteiger partial charge in [-0.05, 0) is 37.4 Å². The van der Waals surface area contributed by atoms with Crippen molar-refractivity contribution < 1.29 is 9.47 Å². The molecule has 0 aliphatic carbocycles. The van der Waals surface area contributed by atoms with Crippen molar-refractivity contribution in [2.75, 3.05) is 32.9 Å². The quantitative estimate of drug-likeness (QED) is 0.624. The smallest absolute Gasteiger partial charge is 0.119 e.